The number of piperidine rings is 1. The van der Waals surface area contributed by atoms with Crippen LogP contribution in [0.3, 0.4) is 0 Å². The number of hydrogen-bond acceptors (Lipinski definition) is 5. The van der Waals surface area contributed by atoms with Crippen molar-refractivity contribution in [1.29, 1.82) is 0 Å². The number of amides is 1. The fourth-order valence-corrected chi connectivity index (χ4v) is 3.11. The molecule has 26 heavy (non-hydrogen) atoms. The Kier molecular flexibility index (Phi) is 5.88. The molecular formula is C19H27N5O2. The van der Waals surface area contributed by atoms with Gasteiger partial charge in [-0.1, -0.05) is 17.3 Å². The van der Waals surface area contributed by atoms with E-state index in [1.165, 1.54) is 0 Å². The molecule has 2 N–H and O–H groups in total. The van der Waals surface area contributed by atoms with E-state index in [0.717, 1.165) is 37.2 Å². The zero-order chi connectivity index (χ0) is 18.5. The van der Waals surface area contributed by atoms with Crippen LogP contribution in [0.2, 0.25) is 0 Å². The Morgan fingerprint density at radius 1 is 1.31 bits per heavy atom. The summed E-state index contributed by atoms with van der Waals surface area (Å²) in [4.78, 5) is 12.5. The number of benzene rings is 1. The van der Waals surface area contributed by atoms with Crippen molar-refractivity contribution in [1.82, 2.24) is 25.6 Å². The van der Waals surface area contributed by atoms with Gasteiger partial charge < -0.3 is 15.4 Å². The number of nitrogens with zero attached hydrogens (tertiary/aromatic N) is 3. The Balaban J connectivity index is 1.63. The molecule has 2 heterocycles. The highest BCUT2D eigenvalue weighted by Crippen LogP contribution is 2.21. The first kappa shape index (κ1) is 18.4. The van der Waals surface area contributed by atoms with Crippen LogP contribution >= 0.6 is 0 Å². The molecule has 140 valence electrons. The van der Waals surface area contributed by atoms with Gasteiger partial charge in [-0.3, -0.25) is 4.79 Å². The normalized spacial score (nSPS) is 16.5. The minimum absolute atomic E-state index is 0.111. The molecule has 7 nitrogen and oxygen atoms in total. The predicted octanol–water partition coefficient (Wildman–Crippen LogP) is 2.48. The zero-order valence-corrected chi connectivity index (χ0v) is 15.6. The third kappa shape index (κ3) is 4.60. The van der Waals surface area contributed by atoms with Crippen LogP contribution in [0.15, 0.2) is 30.5 Å². The molecule has 1 amide bonds. The van der Waals surface area contributed by atoms with Crippen LogP contribution in [-0.4, -0.2) is 40.1 Å². The Bertz CT molecular complexity index is 737. The molecule has 1 atom stereocenters. The van der Waals surface area contributed by atoms with Gasteiger partial charge in [-0.2, -0.15) is 0 Å². The van der Waals surface area contributed by atoms with Crippen molar-refractivity contribution in [3.05, 3.63) is 41.7 Å². The van der Waals surface area contributed by atoms with Gasteiger partial charge in [0.25, 0.3) is 5.91 Å². The fourth-order valence-electron chi connectivity index (χ4n) is 3.11. The van der Waals surface area contributed by atoms with Gasteiger partial charge in [0.1, 0.15) is 5.75 Å². The average molecular weight is 357 g/mol. The van der Waals surface area contributed by atoms with E-state index in [2.05, 4.69) is 20.9 Å². The lowest BCUT2D eigenvalue weighted by atomic mass is 10.1. The molecule has 3 rings (SSSR count). The predicted molar refractivity (Wildman–Crippen MR) is 99.2 cm³/mol. The van der Waals surface area contributed by atoms with E-state index in [1.54, 1.807) is 6.20 Å². The van der Waals surface area contributed by atoms with Crippen LogP contribution in [-0.2, 0) is 0 Å². The molecule has 1 fully saturated rings. The smallest absolute Gasteiger partial charge is 0.273 e. The maximum Gasteiger partial charge on any atom is 0.273 e. The zero-order valence-electron chi connectivity index (χ0n) is 15.6. The first-order valence-electron chi connectivity index (χ1n) is 9.23. The minimum Gasteiger partial charge on any atom is -0.491 e. The number of hydrogen-bond donors (Lipinski definition) is 2. The maximum absolute atomic E-state index is 12.5. The molecule has 1 aliphatic rings. The lowest BCUT2D eigenvalue weighted by Gasteiger charge is -2.22. The van der Waals surface area contributed by atoms with Crippen molar-refractivity contribution in [3.8, 4) is 5.75 Å². The summed E-state index contributed by atoms with van der Waals surface area (Å²) < 4.78 is 7.54. The van der Waals surface area contributed by atoms with E-state index >= 15 is 0 Å². The highest BCUT2D eigenvalue weighted by Gasteiger charge is 2.20. The Morgan fingerprint density at radius 2 is 2.08 bits per heavy atom. The number of ether oxygens (including phenoxy) is 1. The number of carbonyl (C=O) groups is 1. The summed E-state index contributed by atoms with van der Waals surface area (Å²) >= 11 is 0. The molecule has 1 aromatic heterocycles. The van der Waals surface area contributed by atoms with Crippen LogP contribution in [0.25, 0.3) is 0 Å². The van der Waals surface area contributed by atoms with Crippen molar-refractivity contribution in [3.63, 3.8) is 0 Å². The summed E-state index contributed by atoms with van der Waals surface area (Å²) in [7, 11) is 0. The Hall–Kier alpha value is -2.41. The number of nitrogens with one attached hydrogen (secondary N) is 2. The largest absolute Gasteiger partial charge is 0.491 e. The quantitative estimate of drug-likeness (QED) is 0.830. The van der Waals surface area contributed by atoms with Gasteiger partial charge in [-0.25, -0.2) is 4.68 Å². The van der Waals surface area contributed by atoms with Crippen LogP contribution in [0.5, 0.6) is 5.75 Å². The lowest BCUT2D eigenvalue weighted by molar-refractivity contribution is 0.0934. The van der Waals surface area contributed by atoms with Gasteiger partial charge in [0, 0.05) is 0 Å². The Labute approximate surface area is 154 Å². The molecule has 7 heteroatoms. The summed E-state index contributed by atoms with van der Waals surface area (Å²) in [5.41, 5.74) is 1.34. The summed E-state index contributed by atoms with van der Waals surface area (Å²) in [6.45, 7) is 7.87. The van der Waals surface area contributed by atoms with Crippen LogP contribution in [0.1, 0.15) is 61.7 Å². The summed E-state index contributed by atoms with van der Waals surface area (Å²) in [5, 5.41) is 14.5. The van der Waals surface area contributed by atoms with E-state index in [-0.39, 0.29) is 18.1 Å². The van der Waals surface area contributed by atoms with Crippen LogP contribution in [0, 0.1) is 0 Å². The van der Waals surface area contributed by atoms with E-state index in [1.807, 2.05) is 49.7 Å². The van der Waals surface area contributed by atoms with Crippen molar-refractivity contribution in [2.75, 3.05) is 13.1 Å². The summed E-state index contributed by atoms with van der Waals surface area (Å²) in [6.07, 6.45) is 3.86. The van der Waals surface area contributed by atoms with Crippen molar-refractivity contribution < 1.29 is 9.53 Å². The number of carbonyl (C=O) groups excluding carboxylic acids is 1. The van der Waals surface area contributed by atoms with E-state index in [9.17, 15) is 4.79 Å². The molecule has 1 unspecified atom stereocenters. The van der Waals surface area contributed by atoms with Crippen LogP contribution < -0.4 is 15.4 Å². The van der Waals surface area contributed by atoms with Gasteiger partial charge in [0.15, 0.2) is 5.69 Å². The highest BCUT2D eigenvalue weighted by atomic mass is 16.5. The second kappa shape index (κ2) is 8.31. The molecule has 0 spiro atoms. The first-order valence-corrected chi connectivity index (χ1v) is 9.23. The van der Waals surface area contributed by atoms with Gasteiger partial charge >= 0.3 is 0 Å². The molecule has 2 aromatic rings. The highest BCUT2D eigenvalue weighted by molar-refractivity contribution is 5.92. The third-order valence-electron chi connectivity index (χ3n) is 4.50. The topological polar surface area (TPSA) is 81.1 Å². The van der Waals surface area contributed by atoms with E-state index in [0.29, 0.717) is 11.7 Å². The lowest BCUT2D eigenvalue weighted by Crippen LogP contribution is -2.29. The maximum atomic E-state index is 12.5. The molecule has 0 aliphatic carbocycles. The third-order valence-corrected chi connectivity index (χ3v) is 4.50. The summed E-state index contributed by atoms with van der Waals surface area (Å²) in [6, 6.07) is 7.95. The standard InChI is InChI=1S/C19H27N5O2/c1-13(2)26-17-6-4-5-15(11-17)14(3)21-19(25)18-12-24(23-22-18)16-7-9-20-10-8-16/h4-6,11-14,16,20H,7-10H2,1-3H3,(H,21,25). The molecule has 1 saturated heterocycles. The number of rotatable bonds is 6. The monoisotopic (exact) mass is 357 g/mol. The number of aromatic nitrogens is 3. The molecule has 1 aromatic carbocycles. The molecular weight excluding hydrogens is 330 g/mol. The minimum atomic E-state index is -0.215. The first-order chi connectivity index (χ1) is 12.5. The average Bonchev–Trinajstić information content (AvgIpc) is 3.12. The van der Waals surface area contributed by atoms with Crippen molar-refractivity contribution in [2.45, 2.75) is 51.8 Å². The second-order valence-electron chi connectivity index (χ2n) is 7.00. The van der Waals surface area contributed by atoms with E-state index < -0.39 is 0 Å². The molecule has 0 saturated carbocycles. The Morgan fingerprint density at radius 3 is 2.81 bits per heavy atom. The van der Waals surface area contributed by atoms with Crippen molar-refractivity contribution >= 4 is 5.91 Å². The van der Waals surface area contributed by atoms with Gasteiger partial charge in [0.05, 0.1) is 24.4 Å². The fraction of sp³-hybridized carbons (Fsp3) is 0.526. The molecule has 1 aliphatic heterocycles. The van der Waals surface area contributed by atoms with E-state index in [4.69, 9.17) is 4.74 Å². The molecule has 0 radical (unpaired) electrons. The second-order valence-corrected chi connectivity index (χ2v) is 7.00. The summed E-state index contributed by atoms with van der Waals surface area (Å²) in [5.74, 6) is 0.586. The molecule has 0 bridgehead atoms. The van der Waals surface area contributed by atoms with Crippen molar-refractivity contribution in [2.24, 2.45) is 0 Å². The van der Waals surface area contributed by atoms with Gasteiger partial charge in [-0.15, -0.1) is 5.10 Å². The van der Waals surface area contributed by atoms with Gasteiger partial charge in [0.2, 0.25) is 0 Å². The van der Waals surface area contributed by atoms with Crippen LogP contribution in [0.4, 0.5) is 0 Å². The SMILES string of the molecule is CC(C)Oc1cccc(C(C)NC(=O)c2cn(C3CCNCC3)nn2)c1. The van der Waals surface area contributed by atoms with Gasteiger partial charge in [-0.05, 0) is 64.4 Å².